The van der Waals surface area contributed by atoms with Crippen molar-refractivity contribution < 1.29 is 23.8 Å². The molecule has 1 N–H and O–H groups in total. The van der Waals surface area contributed by atoms with Crippen LogP contribution in [-0.2, 0) is 22.6 Å². The molecule has 0 saturated heterocycles. The average molecular weight is 499 g/mol. The van der Waals surface area contributed by atoms with Crippen molar-refractivity contribution in [2.75, 3.05) is 20.3 Å². The summed E-state index contributed by atoms with van der Waals surface area (Å²) in [5.74, 6) is 1.89. The molecular formula is C29H42N2O5. The molecule has 0 aliphatic rings. The van der Waals surface area contributed by atoms with E-state index in [-0.39, 0.29) is 18.2 Å². The molecule has 198 valence electrons. The summed E-state index contributed by atoms with van der Waals surface area (Å²) in [6, 6.07) is 12.8. The molecular weight excluding hydrogens is 456 g/mol. The fourth-order valence-corrected chi connectivity index (χ4v) is 3.95. The van der Waals surface area contributed by atoms with Crippen LogP contribution in [0.3, 0.4) is 0 Å². The summed E-state index contributed by atoms with van der Waals surface area (Å²) in [6.07, 6.45) is 1.32. The zero-order valence-electron chi connectivity index (χ0n) is 22.8. The first-order valence-corrected chi connectivity index (χ1v) is 12.7. The monoisotopic (exact) mass is 498 g/mol. The summed E-state index contributed by atoms with van der Waals surface area (Å²) in [6.45, 7) is 13.0. The summed E-state index contributed by atoms with van der Waals surface area (Å²) in [5.41, 5.74) is 1.52. The second-order valence-corrected chi connectivity index (χ2v) is 9.68. The first-order valence-electron chi connectivity index (χ1n) is 12.7. The van der Waals surface area contributed by atoms with Gasteiger partial charge in [-0.3, -0.25) is 9.59 Å². The maximum atomic E-state index is 13.6. The lowest BCUT2D eigenvalue weighted by molar-refractivity contribution is -0.142. The predicted octanol–water partition coefficient (Wildman–Crippen LogP) is 5.15. The van der Waals surface area contributed by atoms with Crippen LogP contribution in [0.1, 0.15) is 65.5 Å². The van der Waals surface area contributed by atoms with Crippen LogP contribution >= 0.6 is 0 Å². The minimum atomic E-state index is -0.571. The van der Waals surface area contributed by atoms with E-state index in [4.69, 9.17) is 14.2 Å². The standard InChI is InChI=1S/C29H42N2O5/c1-8-24(28(33)30-29(4,5)6)31(20-22-11-15-23(34-7)16-12-22)27(32)18-14-21-13-17-25(35-9-2)26(19-21)36-10-3/h11-13,15-17,19,24H,8-10,14,18,20H2,1-7H3,(H,30,33). The molecule has 7 nitrogen and oxygen atoms in total. The molecule has 1 atom stereocenters. The molecule has 0 bridgehead atoms. The third-order valence-corrected chi connectivity index (χ3v) is 5.63. The molecule has 0 radical (unpaired) electrons. The smallest absolute Gasteiger partial charge is 0.243 e. The molecule has 2 aromatic carbocycles. The molecule has 0 aromatic heterocycles. The van der Waals surface area contributed by atoms with Gasteiger partial charge in [-0.2, -0.15) is 0 Å². The van der Waals surface area contributed by atoms with Crippen molar-refractivity contribution >= 4 is 11.8 Å². The van der Waals surface area contributed by atoms with Crippen LogP contribution in [0.4, 0.5) is 0 Å². The highest BCUT2D eigenvalue weighted by molar-refractivity contribution is 5.88. The molecule has 2 amide bonds. The van der Waals surface area contributed by atoms with Gasteiger partial charge in [-0.05, 0) is 82.9 Å². The average Bonchev–Trinajstić information content (AvgIpc) is 2.83. The van der Waals surface area contributed by atoms with Gasteiger partial charge in [-0.15, -0.1) is 0 Å². The largest absolute Gasteiger partial charge is 0.497 e. The van der Waals surface area contributed by atoms with Gasteiger partial charge in [0.25, 0.3) is 0 Å². The van der Waals surface area contributed by atoms with Gasteiger partial charge in [-0.1, -0.05) is 25.1 Å². The van der Waals surface area contributed by atoms with Crippen molar-refractivity contribution in [3.05, 3.63) is 53.6 Å². The summed E-state index contributed by atoms with van der Waals surface area (Å²) in [4.78, 5) is 28.4. The van der Waals surface area contributed by atoms with Gasteiger partial charge in [0.15, 0.2) is 11.5 Å². The van der Waals surface area contributed by atoms with Gasteiger partial charge in [0, 0.05) is 18.5 Å². The number of methoxy groups -OCH3 is 1. The van der Waals surface area contributed by atoms with Crippen LogP contribution in [0.5, 0.6) is 17.2 Å². The number of hydrogen-bond donors (Lipinski definition) is 1. The SMILES string of the molecule is CCOc1ccc(CCC(=O)N(Cc2ccc(OC)cc2)C(CC)C(=O)NC(C)(C)C)cc1OCC. The van der Waals surface area contributed by atoms with Crippen LogP contribution in [0.25, 0.3) is 0 Å². The predicted molar refractivity (Wildman–Crippen MR) is 143 cm³/mol. The Labute approximate surface area is 216 Å². The Balaban J connectivity index is 2.25. The van der Waals surface area contributed by atoms with Crippen molar-refractivity contribution in [3.63, 3.8) is 0 Å². The molecule has 36 heavy (non-hydrogen) atoms. The Morgan fingerprint density at radius 2 is 1.53 bits per heavy atom. The van der Waals surface area contributed by atoms with Crippen molar-refractivity contribution in [1.29, 1.82) is 0 Å². The Bertz CT molecular complexity index is 982. The number of nitrogens with zero attached hydrogens (tertiary/aromatic N) is 1. The normalized spacial score (nSPS) is 12.0. The van der Waals surface area contributed by atoms with E-state index in [2.05, 4.69) is 5.32 Å². The van der Waals surface area contributed by atoms with Gasteiger partial charge >= 0.3 is 0 Å². The molecule has 0 fully saturated rings. The molecule has 0 spiro atoms. The van der Waals surface area contributed by atoms with E-state index in [1.807, 2.05) is 84.0 Å². The lowest BCUT2D eigenvalue weighted by Gasteiger charge is -2.33. The Hall–Kier alpha value is -3.22. The molecule has 0 aliphatic carbocycles. The molecule has 2 aromatic rings. The zero-order valence-corrected chi connectivity index (χ0v) is 22.8. The lowest BCUT2D eigenvalue weighted by atomic mass is 10.0. The molecule has 7 heteroatoms. The van der Waals surface area contributed by atoms with Crippen LogP contribution in [0, 0.1) is 0 Å². The zero-order chi connectivity index (χ0) is 26.7. The van der Waals surface area contributed by atoms with Crippen LogP contribution in [-0.4, -0.2) is 48.6 Å². The minimum absolute atomic E-state index is 0.0754. The number of nitrogens with one attached hydrogen (secondary N) is 1. The topological polar surface area (TPSA) is 77.1 Å². The Morgan fingerprint density at radius 3 is 2.08 bits per heavy atom. The number of aryl methyl sites for hydroxylation is 1. The third-order valence-electron chi connectivity index (χ3n) is 5.63. The van der Waals surface area contributed by atoms with Crippen molar-refractivity contribution in [2.24, 2.45) is 0 Å². The summed E-state index contributed by atoms with van der Waals surface area (Å²) in [5, 5.41) is 3.04. The maximum Gasteiger partial charge on any atom is 0.243 e. The van der Waals surface area contributed by atoms with E-state index in [9.17, 15) is 9.59 Å². The Kier molecular flexibility index (Phi) is 11.1. The first kappa shape index (κ1) is 29.0. The van der Waals surface area contributed by atoms with Crippen molar-refractivity contribution in [1.82, 2.24) is 10.2 Å². The molecule has 0 aliphatic heterocycles. The maximum absolute atomic E-state index is 13.6. The van der Waals surface area contributed by atoms with Crippen molar-refractivity contribution in [2.45, 2.75) is 78.9 Å². The van der Waals surface area contributed by atoms with E-state index < -0.39 is 11.6 Å². The number of rotatable bonds is 13. The van der Waals surface area contributed by atoms with Gasteiger partial charge in [0.1, 0.15) is 11.8 Å². The summed E-state index contributed by atoms with van der Waals surface area (Å²) >= 11 is 0. The Morgan fingerprint density at radius 1 is 0.917 bits per heavy atom. The fraction of sp³-hybridized carbons (Fsp3) is 0.517. The van der Waals surface area contributed by atoms with E-state index in [1.165, 1.54) is 0 Å². The third kappa shape index (κ3) is 8.77. The van der Waals surface area contributed by atoms with E-state index in [1.54, 1.807) is 12.0 Å². The fourth-order valence-electron chi connectivity index (χ4n) is 3.95. The first-order chi connectivity index (χ1) is 17.1. The van der Waals surface area contributed by atoms with Crippen molar-refractivity contribution in [3.8, 4) is 17.2 Å². The summed E-state index contributed by atoms with van der Waals surface area (Å²) < 4.78 is 16.6. The van der Waals surface area contributed by atoms with E-state index in [0.29, 0.717) is 44.1 Å². The minimum Gasteiger partial charge on any atom is -0.497 e. The molecule has 0 saturated carbocycles. The number of ether oxygens (including phenoxy) is 3. The summed E-state index contributed by atoms with van der Waals surface area (Å²) in [7, 11) is 1.62. The molecule has 1 unspecified atom stereocenters. The second kappa shape index (κ2) is 13.8. The van der Waals surface area contributed by atoms with E-state index >= 15 is 0 Å². The number of benzene rings is 2. The number of hydrogen-bond acceptors (Lipinski definition) is 5. The molecule has 0 heterocycles. The molecule has 2 rings (SSSR count). The second-order valence-electron chi connectivity index (χ2n) is 9.68. The number of carbonyl (C=O) groups excluding carboxylic acids is 2. The van der Waals surface area contributed by atoms with Gasteiger partial charge in [0.2, 0.25) is 11.8 Å². The highest BCUT2D eigenvalue weighted by Crippen LogP contribution is 2.29. The van der Waals surface area contributed by atoms with E-state index in [0.717, 1.165) is 16.9 Å². The van der Waals surface area contributed by atoms with Crippen LogP contribution in [0.15, 0.2) is 42.5 Å². The van der Waals surface area contributed by atoms with Crippen LogP contribution < -0.4 is 19.5 Å². The lowest BCUT2D eigenvalue weighted by Crippen LogP contribution is -2.53. The van der Waals surface area contributed by atoms with Gasteiger partial charge < -0.3 is 24.4 Å². The number of amides is 2. The highest BCUT2D eigenvalue weighted by Gasteiger charge is 2.30. The number of carbonyl (C=O) groups is 2. The van der Waals surface area contributed by atoms with Gasteiger partial charge in [-0.25, -0.2) is 0 Å². The van der Waals surface area contributed by atoms with Crippen LogP contribution in [0.2, 0.25) is 0 Å². The highest BCUT2D eigenvalue weighted by atomic mass is 16.5. The quantitative estimate of drug-likeness (QED) is 0.413. The van der Waals surface area contributed by atoms with Gasteiger partial charge in [0.05, 0.1) is 20.3 Å².